The van der Waals surface area contributed by atoms with Crippen molar-refractivity contribution in [1.82, 2.24) is 30.6 Å². The number of rotatable bonds is 10. The summed E-state index contributed by atoms with van der Waals surface area (Å²) in [5, 5.41) is 16.4. The largest absolute Gasteiger partial charge is 0.350 e. The van der Waals surface area contributed by atoms with Crippen LogP contribution in [0.5, 0.6) is 0 Å². The quantitative estimate of drug-likeness (QED) is 0.271. The number of hydrogen-bond acceptors (Lipinski definition) is 6. The van der Waals surface area contributed by atoms with E-state index in [0.717, 1.165) is 25.8 Å². The van der Waals surface area contributed by atoms with Gasteiger partial charge in [-0.25, -0.2) is 9.18 Å². The molecule has 0 bridgehead atoms. The van der Waals surface area contributed by atoms with E-state index in [0.29, 0.717) is 23.1 Å². The minimum atomic E-state index is -0.596. The van der Waals surface area contributed by atoms with Crippen molar-refractivity contribution < 1.29 is 23.6 Å². The number of nitrogens with one attached hydrogen (secondary N) is 4. The number of Topliss-reactive ketones (excluding diaryl/α,β-unsaturated/α-hetero) is 1. The highest BCUT2D eigenvalue weighted by Gasteiger charge is 2.34. The number of carbonyl (C=O) groups excluding carboxylic acids is 4. The van der Waals surface area contributed by atoms with Crippen LogP contribution in [0.1, 0.15) is 42.2 Å². The molecule has 1 unspecified atom stereocenters. The van der Waals surface area contributed by atoms with Gasteiger partial charge in [0, 0.05) is 48.7 Å². The highest BCUT2D eigenvalue weighted by molar-refractivity contribution is 6.30. The summed E-state index contributed by atoms with van der Waals surface area (Å²) in [6.45, 7) is 2.51. The molecule has 2 heterocycles. The van der Waals surface area contributed by atoms with Crippen LogP contribution in [-0.4, -0.2) is 70.0 Å². The van der Waals surface area contributed by atoms with E-state index in [-0.39, 0.29) is 65.7 Å². The monoisotopic (exact) mass is 583 g/mol. The number of aromatic nitrogens is 2. The Balaban J connectivity index is 1.27. The molecule has 4 N–H and O–H groups in total. The number of urea groups is 1. The second-order valence-corrected chi connectivity index (χ2v) is 10.7. The lowest BCUT2D eigenvalue weighted by molar-refractivity contribution is -0.137. The lowest BCUT2D eigenvalue weighted by Crippen LogP contribution is -2.43. The molecule has 1 atom stereocenters. The smallest absolute Gasteiger partial charge is 0.319 e. The minimum absolute atomic E-state index is 0.0318. The predicted molar refractivity (Wildman–Crippen MR) is 151 cm³/mol. The van der Waals surface area contributed by atoms with E-state index in [1.807, 2.05) is 0 Å². The molecule has 1 saturated heterocycles. The van der Waals surface area contributed by atoms with Crippen molar-refractivity contribution >= 4 is 51.8 Å². The zero-order valence-corrected chi connectivity index (χ0v) is 23.3. The van der Waals surface area contributed by atoms with Crippen LogP contribution in [0.3, 0.4) is 0 Å². The Bertz CT molecular complexity index is 1500. The fourth-order valence-electron chi connectivity index (χ4n) is 4.88. The summed E-state index contributed by atoms with van der Waals surface area (Å²) in [4.78, 5) is 52.3. The lowest BCUT2D eigenvalue weighted by atomic mass is 10.1. The SMILES string of the molecule is CC(=O)c1nn(CC(=O)N(CC(=O)NCc2cccc(Cl)c2F)C2CC2)c2ccc(NC(=O)NC3CCNC3)cc12. The highest BCUT2D eigenvalue weighted by Crippen LogP contribution is 2.28. The number of nitrogens with zero attached hydrogens (tertiary/aromatic N) is 3. The summed E-state index contributed by atoms with van der Waals surface area (Å²) in [7, 11) is 0. The molecular formula is C28H31ClFN7O4. The van der Waals surface area contributed by atoms with Crippen molar-refractivity contribution in [2.45, 2.75) is 51.4 Å². The lowest BCUT2D eigenvalue weighted by Gasteiger charge is -2.22. The van der Waals surface area contributed by atoms with Crippen LogP contribution in [0.2, 0.25) is 5.02 Å². The maximum absolute atomic E-state index is 14.2. The summed E-state index contributed by atoms with van der Waals surface area (Å²) in [6.07, 6.45) is 2.39. The Morgan fingerprint density at radius 1 is 1.17 bits per heavy atom. The first kappa shape index (κ1) is 28.5. The second kappa shape index (κ2) is 12.2. The number of fused-ring (bicyclic) bond motifs is 1. The first-order valence-electron chi connectivity index (χ1n) is 13.5. The molecule has 11 nitrogen and oxygen atoms in total. The van der Waals surface area contributed by atoms with Crippen molar-refractivity contribution in [3.8, 4) is 0 Å². The number of carbonyl (C=O) groups is 4. The summed E-state index contributed by atoms with van der Waals surface area (Å²) < 4.78 is 15.6. The fourth-order valence-corrected chi connectivity index (χ4v) is 5.08. The van der Waals surface area contributed by atoms with Crippen molar-refractivity contribution in [2.75, 3.05) is 25.0 Å². The van der Waals surface area contributed by atoms with Gasteiger partial charge in [-0.1, -0.05) is 23.7 Å². The van der Waals surface area contributed by atoms with E-state index < -0.39 is 11.7 Å². The molecule has 1 aliphatic carbocycles. The van der Waals surface area contributed by atoms with Crippen LogP contribution in [0.15, 0.2) is 36.4 Å². The molecule has 4 amide bonds. The number of hydrogen-bond donors (Lipinski definition) is 4. The molecule has 1 aliphatic heterocycles. The van der Waals surface area contributed by atoms with Gasteiger partial charge in [0.2, 0.25) is 11.8 Å². The topological polar surface area (TPSA) is 137 Å². The van der Waals surface area contributed by atoms with Crippen molar-refractivity contribution in [2.24, 2.45) is 0 Å². The first-order chi connectivity index (χ1) is 19.7. The van der Waals surface area contributed by atoms with E-state index in [2.05, 4.69) is 26.4 Å². The average molecular weight is 584 g/mol. The Labute approximate surface area is 240 Å². The van der Waals surface area contributed by atoms with Crippen LogP contribution in [0.25, 0.3) is 10.9 Å². The van der Waals surface area contributed by atoms with E-state index in [4.69, 9.17) is 11.6 Å². The molecule has 0 spiro atoms. The average Bonchev–Trinajstić information content (AvgIpc) is 3.53. The van der Waals surface area contributed by atoms with Gasteiger partial charge in [0.1, 0.15) is 18.1 Å². The Morgan fingerprint density at radius 3 is 2.68 bits per heavy atom. The molecule has 13 heteroatoms. The van der Waals surface area contributed by atoms with Gasteiger partial charge < -0.3 is 26.2 Å². The zero-order valence-electron chi connectivity index (χ0n) is 22.5. The standard InChI is InChI=1S/C28H31ClFN7O4/c1-16(38)27-21-11-18(33-28(41)34-19-9-10-31-13-19)5-8-23(21)37(35-27)15-25(40)36(20-6-7-20)14-24(39)32-12-17-3-2-4-22(29)26(17)30/h2-5,8,11,19-20,31H,6-7,9-10,12-15H2,1H3,(H,32,39)(H2,33,34,41). The van der Waals surface area contributed by atoms with Crippen LogP contribution in [-0.2, 0) is 22.7 Å². The van der Waals surface area contributed by atoms with E-state index in [9.17, 15) is 23.6 Å². The minimum Gasteiger partial charge on any atom is -0.350 e. The molecule has 1 saturated carbocycles. The van der Waals surface area contributed by atoms with Gasteiger partial charge >= 0.3 is 6.03 Å². The highest BCUT2D eigenvalue weighted by atomic mass is 35.5. The molecule has 2 aromatic carbocycles. The number of anilines is 1. The summed E-state index contributed by atoms with van der Waals surface area (Å²) in [5.41, 5.74) is 1.46. The van der Waals surface area contributed by atoms with Crippen LogP contribution in [0, 0.1) is 5.82 Å². The fraction of sp³-hybridized carbons (Fsp3) is 0.393. The van der Waals surface area contributed by atoms with Gasteiger partial charge in [-0.05, 0) is 50.1 Å². The molecular weight excluding hydrogens is 553 g/mol. The van der Waals surface area contributed by atoms with Crippen molar-refractivity contribution in [3.05, 3.63) is 58.5 Å². The van der Waals surface area contributed by atoms with Crippen LogP contribution >= 0.6 is 11.6 Å². The van der Waals surface area contributed by atoms with Gasteiger partial charge in [0.25, 0.3) is 0 Å². The maximum Gasteiger partial charge on any atom is 0.319 e. The molecule has 0 radical (unpaired) electrons. The normalized spacial score (nSPS) is 16.4. The number of benzene rings is 2. The summed E-state index contributed by atoms with van der Waals surface area (Å²) in [5.74, 6) is -1.64. The molecule has 5 rings (SSSR count). The first-order valence-corrected chi connectivity index (χ1v) is 13.9. The van der Waals surface area contributed by atoms with Gasteiger partial charge in [-0.3, -0.25) is 19.1 Å². The molecule has 1 aromatic heterocycles. The Hall–Kier alpha value is -4.03. The maximum atomic E-state index is 14.2. The third kappa shape index (κ3) is 6.83. The summed E-state index contributed by atoms with van der Waals surface area (Å²) in [6, 6.07) is 9.22. The van der Waals surface area contributed by atoms with Crippen LogP contribution < -0.4 is 21.3 Å². The van der Waals surface area contributed by atoms with Crippen LogP contribution in [0.4, 0.5) is 14.9 Å². The Kier molecular flexibility index (Phi) is 8.50. The zero-order chi connectivity index (χ0) is 29.1. The predicted octanol–water partition coefficient (Wildman–Crippen LogP) is 2.82. The van der Waals surface area contributed by atoms with Gasteiger partial charge in [0.05, 0.1) is 17.1 Å². The van der Waals surface area contributed by atoms with Gasteiger partial charge in [-0.15, -0.1) is 0 Å². The number of ketones is 1. The summed E-state index contributed by atoms with van der Waals surface area (Å²) >= 11 is 5.81. The van der Waals surface area contributed by atoms with E-state index in [1.165, 1.54) is 28.6 Å². The van der Waals surface area contributed by atoms with Gasteiger partial charge in [-0.2, -0.15) is 5.10 Å². The van der Waals surface area contributed by atoms with Gasteiger partial charge in [0.15, 0.2) is 5.78 Å². The molecule has 41 heavy (non-hydrogen) atoms. The number of amides is 4. The second-order valence-electron chi connectivity index (χ2n) is 10.3. The Morgan fingerprint density at radius 2 is 1.98 bits per heavy atom. The number of halogens is 2. The molecule has 3 aromatic rings. The molecule has 2 aliphatic rings. The van der Waals surface area contributed by atoms with E-state index in [1.54, 1.807) is 24.3 Å². The third-order valence-corrected chi connectivity index (χ3v) is 7.44. The third-order valence-electron chi connectivity index (χ3n) is 7.15. The molecule has 2 fully saturated rings. The van der Waals surface area contributed by atoms with E-state index >= 15 is 0 Å². The molecule has 216 valence electrons. The van der Waals surface area contributed by atoms with Crippen molar-refractivity contribution in [3.63, 3.8) is 0 Å². The van der Waals surface area contributed by atoms with Crippen molar-refractivity contribution in [1.29, 1.82) is 0 Å².